The summed E-state index contributed by atoms with van der Waals surface area (Å²) in [5, 5.41) is 7.87. The minimum atomic E-state index is -0.275. The molecule has 2 aromatic carbocycles. The summed E-state index contributed by atoms with van der Waals surface area (Å²) in [6.45, 7) is 0. The average molecular weight is 441 g/mol. The standard InChI is InChI=1S/C22H28N6O2S/c1-27(2)19-9-5-17(6-10-19)13-23-25-21(29)15-31-16-22(30)26-24-14-18-7-11-20(12-8-18)28(3)4/h5-14H,15-16H2,1-4H3,(H,25,29)(H,26,30)/b23-13+,24-14?. The van der Waals surface area contributed by atoms with Crippen LogP contribution in [0.25, 0.3) is 0 Å². The summed E-state index contributed by atoms with van der Waals surface area (Å²) in [4.78, 5) is 27.6. The smallest absolute Gasteiger partial charge is 0.250 e. The van der Waals surface area contributed by atoms with Gasteiger partial charge < -0.3 is 9.80 Å². The van der Waals surface area contributed by atoms with E-state index in [-0.39, 0.29) is 23.3 Å². The van der Waals surface area contributed by atoms with Gasteiger partial charge in [0.15, 0.2) is 0 Å². The van der Waals surface area contributed by atoms with E-state index in [2.05, 4.69) is 21.1 Å². The molecule has 0 saturated carbocycles. The van der Waals surface area contributed by atoms with Gasteiger partial charge in [0, 0.05) is 39.6 Å². The largest absolute Gasteiger partial charge is 0.378 e. The van der Waals surface area contributed by atoms with Crippen molar-refractivity contribution in [3.05, 3.63) is 59.7 Å². The molecule has 9 heteroatoms. The van der Waals surface area contributed by atoms with E-state index in [1.54, 1.807) is 12.4 Å². The zero-order valence-electron chi connectivity index (χ0n) is 18.2. The lowest BCUT2D eigenvalue weighted by Gasteiger charge is -2.11. The summed E-state index contributed by atoms with van der Waals surface area (Å²) in [5.41, 5.74) is 8.84. The molecule has 0 aliphatic carbocycles. The molecule has 2 rings (SSSR count). The number of benzene rings is 2. The SMILES string of the molecule is CN(C)c1ccc(C=NNC(=O)CSCC(=O)N/N=C/c2ccc(N(C)C)cc2)cc1. The Bertz CT molecular complexity index is 833. The molecule has 0 bridgehead atoms. The maximum atomic E-state index is 11.8. The van der Waals surface area contributed by atoms with Crippen molar-refractivity contribution < 1.29 is 9.59 Å². The van der Waals surface area contributed by atoms with Crippen molar-refractivity contribution in [3.63, 3.8) is 0 Å². The van der Waals surface area contributed by atoms with Crippen molar-refractivity contribution in [2.45, 2.75) is 0 Å². The number of hydrogen-bond donors (Lipinski definition) is 2. The average Bonchev–Trinajstić information content (AvgIpc) is 2.74. The molecule has 0 saturated heterocycles. The molecule has 0 atom stereocenters. The van der Waals surface area contributed by atoms with E-state index >= 15 is 0 Å². The number of hydrazone groups is 2. The third-order valence-electron chi connectivity index (χ3n) is 4.09. The Balaban J connectivity index is 1.64. The number of carbonyl (C=O) groups excluding carboxylic acids is 2. The number of carbonyl (C=O) groups is 2. The first kappa shape index (κ1) is 23.9. The van der Waals surface area contributed by atoms with Crippen LogP contribution in [0.5, 0.6) is 0 Å². The Labute approximate surface area is 187 Å². The fraction of sp³-hybridized carbons (Fsp3) is 0.273. The lowest BCUT2D eigenvalue weighted by atomic mass is 10.2. The van der Waals surface area contributed by atoms with Crippen LogP contribution in [-0.2, 0) is 9.59 Å². The molecule has 0 radical (unpaired) electrons. The van der Waals surface area contributed by atoms with Crippen LogP contribution in [0.15, 0.2) is 58.7 Å². The maximum Gasteiger partial charge on any atom is 0.250 e. The number of amides is 2. The number of hydrogen-bond acceptors (Lipinski definition) is 7. The van der Waals surface area contributed by atoms with E-state index in [1.807, 2.05) is 86.5 Å². The molecule has 0 spiro atoms. The Morgan fingerprint density at radius 2 is 1.10 bits per heavy atom. The summed E-state index contributed by atoms with van der Waals surface area (Å²) < 4.78 is 0. The van der Waals surface area contributed by atoms with Gasteiger partial charge >= 0.3 is 0 Å². The first-order valence-electron chi connectivity index (χ1n) is 9.61. The quantitative estimate of drug-likeness (QED) is 0.437. The molecule has 0 unspecified atom stereocenters. The number of nitrogens with zero attached hydrogens (tertiary/aromatic N) is 4. The lowest BCUT2D eigenvalue weighted by Crippen LogP contribution is -2.23. The predicted molar refractivity (Wildman–Crippen MR) is 130 cm³/mol. The zero-order valence-corrected chi connectivity index (χ0v) is 19.0. The van der Waals surface area contributed by atoms with Crippen LogP contribution in [-0.4, -0.2) is 63.9 Å². The van der Waals surface area contributed by atoms with Crippen molar-refractivity contribution in [2.75, 3.05) is 49.5 Å². The summed E-state index contributed by atoms with van der Waals surface area (Å²) >= 11 is 1.19. The van der Waals surface area contributed by atoms with Gasteiger partial charge in [0.1, 0.15) is 0 Å². The van der Waals surface area contributed by atoms with E-state index in [0.29, 0.717) is 0 Å². The molecule has 0 aliphatic heterocycles. The third-order valence-corrected chi connectivity index (χ3v) is 5.02. The summed E-state index contributed by atoms with van der Waals surface area (Å²) in [6, 6.07) is 15.6. The molecule has 8 nitrogen and oxygen atoms in total. The molecule has 31 heavy (non-hydrogen) atoms. The minimum Gasteiger partial charge on any atom is -0.378 e. The van der Waals surface area contributed by atoms with Crippen LogP contribution in [0.2, 0.25) is 0 Å². The summed E-state index contributed by atoms with van der Waals surface area (Å²) in [7, 11) is 7.88. The highest BCUT2D eigenvalue weighted by Gasteiger charge is 2.04. The molecule has 164 valence electrons. The van der Waals surface area contributed by atoms with Crippen molar-refractivity contribution in [1.82, 2.24) is 10.9 Å². The van der Waals surface area contributed by atoms with E-state index in [0.717, 1.165) is 22.5 Å². The van der Waals surface area contributed by atoms with Crippen molar-refractivity contribution in [2.24, 2.45) is 10.2 Å². The predicted octanol–water partition coefficient (Wildman–Crippen LogP) is 2.15. The van der Waals surface area contributed by atoms with Gasteiger partial charge in [0.05, 0.1) is 23.9 Å². The second-order valence-electron chi connectivity index (χ2n) is 7.05. The topological polar surface area (TPSA) is 89.4 Å². The Kier molecular flexibility index (Phi) is 9.57. The monoisotopic (exact) mass is 440 g/mol. The van der Waals surface area contributed by atoms with Crippen LogP contribution >= 0.6 is 11.8 Å². The molecule has 2 aromatic rings. The number of anilines is 2. The lowest BCUT2D eigenvalue weighted by molar-refractivity contribution is -0.118. The molecule has 0 heterocycles. The second kappa shape index (κ2) is 12.4. The van der Waals surface area contributed by atoms with Gasteiger partial charge in [-0.1, -0.05) is 24.3 Å². The third kappa shape index (κ3) is 8.91. The second-order valence-corrected chi connectivity index (χ2v) is 8.04. The van der Waals surface area contributed by atoms with Gasteiger partial charge in [-0.3, -0.25) is 9.59 Å². The fourth-order valence-corrected chi connectivity index (χ4v) is 2.98. The van der Waals surface area contributed by atoms with Crippen LogP contribution in [0, 0.1) is 0 Å². The molecular formula is C22H28N6O2S. The maximum absolute atomic E-state index is 11.8. The molecule has 0 fully saturated rings. The van der Waals surface area contributed by atoms with Crippen LogP contribution < -0.4 is 20.7 Å². The van der Waals surface area contributed by atoms with Crippen LogP contribution in [0.1, 0.15) is 11.1 Å². The van der Waals surface area contributed by atoms with Crippen molar-refractivity contribution in [3.8, 4) is 0 Å². The van der Waals surface area contributed by atoms with Gasteiger partial charge in [0.2, 0.25) is 11.8 Å². The van der Waals surface area contributed by atoms with Crippen LogP contribution in [0.3, 0.4) is 0 Å². The van der Waals surface area contributed by atoms with E-state index < -0.39 is 0 Å². The number of nitrogens with one attached hydrogen (secondary N) is 2. The highest BCUT2D eigenvalue weighted by Crippen LogP contribution is 2.11. The zero-order chi connectivity index (χ0) is 22.6. The fourth-order valence-electron chi connectivity index (χ4n) is 2.38. The van der Waals surface area contributed by atoms with Gasteiger partial charge in [-0.2, -0.15) is 10.2 Å². The number of rotatable bonds is 10. The molecule has 0 aliphatic rings. The first-order valence-corrected chi connectivity index (χ1v) is 10.8. The highest BCUT2D eigenvalue weighted by atomic mass is 32.2. The van der Waals surface area contributed by atoms with Crippen molar-refractivity contribution >= 4 is 47.4 Å². The van der Waals surface area contributed by atoms with Crippen molar-refractivity contribution in [1.29, 1.82) is 0 Å². The Morgan fingerprint density at radius 1 is 0.742 bits per heavy atom. The molecule has 2 N–H and O–H groups in total. The molecule has 2 amide bonds. The van der Waals surface area contributed by atoms with Crippen LogP contribution in [0.4, 0.5) is 11.4 Å². The normalized spacial score (nSPS) is 11.0. The van der Waals surface area contributed by atoms with E-state index in [1.165, 1.54) is 11.8 Å². The number of thioether (sulfide) groups is 1. The molecular weight excluding hydrogens is 412 g/mol. The summed E-state index contributed by atoms with van der Waals surface area (Å²) in [5.74, 6) is -0.299. The first-order chi connectivity index (χ1) is 14.8. The highest BCUT2D eigenvalue weighted by molar-refractivity contribution is 8.00. The van der Waals surface area contributed by atoms with Gasteiger partial charge in [0.25, 0.3) is 0 Å². The summed E-state index contributed by atoms with van der Waals surface area (Å²) in [6.07, 6.45) is 3.16. The van der Waals surface area contributed by atoms with E-state index in [4.69, 9.17) is 0 Å². The minimum absolute atomic E-state index is 0.125. The van der Waals surface area contributed by atoms with Gasteiger partial charge in [-0.05, 0) is 35.4 Å². The van der Waals surface area contributed by atoms with E-state index in [9.17, 15) is 9.59 Å². The van der Waals surface area contributed by atoms with Gasteiger partial charge in [-0.15, -0.1) is 11.8 Å². The molecule has 0 aromatic heterocycles. The Morgan fingerprint density at radius 3 is 1.42 bits per heavy atom. The van der Waals surface area contributed by atoms with Gasteiger partial charge in [-0.25, -0.2) is 10.9 Å². The Hall–Kier alpha value is -3.33.